The second kappa shape index (κ2) is 4.95. The van der Waals surface area contributed by atoms with Crippen molar-refractivity contribution >= 4 is 0 Å². The first kappa shape index (κ1) is 12.1. The lowest BCUT2D eigenvalue weighted by Crippen LogP contribution is -2.58. The number of rotatable bonds is 4. The van der Waals surface area contributed by atoms with Crippen LogP contribution >= 0.6 is 0 Å². The Hall–Kier alpha value is -0.980. The molecule has 2 saturated heterocycles. The van der Waals surface area contributed by atoms with E-state index < -0.39 is 0 Å². The topological polar surface area (TPSA) is 69.4 Å². The predicted molar refractivity (Wildman–Crippen MR) is 63.2 cm³/mol. The van der Waals surface area contributed by atoms with Crippen LogP contribution in [0, 0.1) is 0 Å². The van der Waals surface area contributed by atoms with Crippen molar-refractivity contribution in [2.75, 3.05) is 26.3 Å². The second-order valence-electron chi connectivity index (χ2n) is 5.30. The van der Waals surface area contributed by atoms with Gasteiger partial charge in [0.05, 0.1) is 12.2 Å². The number of hydrogen-bond acceptors (Lipinski definition) is 6. The van der Waals surface area contributed by atoms with E-state index in [1.54, 1.807) is 0 Å². The quantitative estimate of drug-likeness (QED) is 0.857. The van der Waals surface area contributed by atoms with Crippen molar-refractivity contribution < 1.29 is 14.0 Å². The van der Waals surface area contributed by atoms with Crippen molar-refractivity contribution in [1.82, 2.24) is 15.5 Å². The maximum Gasteiger partial charge on any atom is 0.252 e. The Morgan fingerprint density at radius 2 is 2.39 bits per heavy atom. The standard InChI is InChI=1S/C12H19N3O3/c1-12(7-13-8-12)17-6-10-14-11(15-18-10)9-3-2-4-16-5-9/h9,13H,2-8H2,1H3. The van der Waals surface area contributed by atoms with E-state index in [2.05, 4.69) is 22.4 Å². The highest BCUT2D eigenvalue weighted by atomic mass is 16.5. The molecule has 18 heavy (non-hydrogen) atoms. The minimum absolute atomic E-state index is 0.0808. The summed E-state index contributed by atoms with van der Waals surface area (Å²) < 4.78 is 16.4. The highest BCUT2D eigenvalue weighted by Crippen LogP contribution is 2.23. The third-order valence-corrected chi connectivity index (χ3v) is 3.55. The van der Waals surface area contributed by atoms with Gasteiger partial charge in [0.15, 0.2) is 5.82 Å². The first-order chi connectivity index (χ1) is 8.75. The first-order valence-electron chi connectivity index (χ1n) is 6.50. The molecule has 0 amide bonds. The molecule has 1 N–H and O–H groups in total. The van der Waals surface area contributed by atoms with Crippen molar-refractivity contribution in [2.24, 2.45) is 0 Å². The number of ether oxygens (including phenoxy) is 2. The van der Waals surface area contributed by atoms with Gasteiger partial charge in [0.25, 0.3) is 5.89 Å². The number of nitrogens with zero attached hydrogens (tertiary/aromatic N) is 2. The van der Waals surface area contributed by atoms with E-state index in [0.717, 1.165) is 38.4 Å². The Bertz CT molecular complexity index is 397. The van der Waals surface area contributed by atoms with Crippen LogP contribution in [0.1, 0.15) is 37.4 Å². The van der Waals surface area contributed by atoms with Crippen molar-refractivity contribution in [2.45, 2.75) is 37.9 Å². The van der Waals surface area contributed by atoms with Crippen molar-refractivity contribution in [3.8, 4) is 0 Å². The lowest BCUT2D eigenvalue weighted by Gasteiger charge is -2.38. The molecule has 1 aromatic heterocycles. The second-order valence-corrected chi connectivity index (χ2v) is 5.30. The summed E-state index contributed by atoms with van der Waals surface area (Å²) in [7, 11) is 0. The smallest absolute Gasteiger partial charge is 0.252 e. The lowest BCUT2D eigenvalue weighted by atomic mass is 10.0. The van der Waals surface area contributed by atoms with Crippen molar-refractivity contribution in [3.05, 3.63) is 11.7 Å². The van der Waals surface area contributed by atoms with Crippen LogP contribution in [-0.2, 0) is 16.1 Å². The molecule has 2 fully saturated rings. The Morgan fingerprint density at radius 1 is 1.50 bits per heavy atom. The highest BCUT2D eigenvalue weighted by Gasteiger charge is 2.33. The van der Waals surface area contributed by atoms with Crippen molar-refractivity contribution in [1.29, 1.82) is 0 Å². The molecule has 2 aliphatic rings. The van der Waals surface area contributed by atoms with E-state index in [1.807, 2.05) is 0 Å². The van der Waals surface area contributed by atoms with E-state index in [-0.39, 0.29) is 11.5 Å². The van der Waals surface area contributed by atoms with Gasteiger partial charge in [-0.3, -0.25) is 0 Å². The predicted octanol–water partition coefficient (Wildman–Crippen LogP) is 0.842. The van der Waals surface area contributed by atoms with Crippen LogP contribution in [0.15, 0.2) is 4.52 Å². The molecular formula is C12H19N3O3. The van der Waals surface area contributed by atoms with Gasteiger partial charge in [-0.25, -0.2) is 0 Å². The molecule has 2 aliphatic heterocycles. The summed E-state index contributed by atoms with van der Waals surface area (Å²) >= 11 is 0. The van der Waals surface area contributed by atoms with E-state index >= 15 is 0 Å². The normalized spacial score (nSPS) is 26.8. The van der Waals surface area contributed by atoms with Gasteiger partial charge >= 0.3 is 0 Å². The minimum atomic E-state index is -0.0808. The third-order valence-electron chi connectivity index (χ3n) is 3.55. The number of aromatic nitrogens is 2. The molecule has 1 atom stereocenters. The molecule has 6 nitrogen and oxygen atoms in total. The molecule has 3 rings (SSSR count). The average Bonchev–Trinajstić information content (AvgIpc) is 2.84. The SMILES string of the molecule is CC1(OCc2nc(C3CCCOC3)no2)CNC1. The Balaban J connectivity index is 1.55. The summed E-state index contributed by atoms with van der Waals surface area (Å²) in [6.45, 7) is 5.76. The summed E-state index contributed by atoms with van der Waals surface area (Å²) in [5, 5.41) is 7.21. The van der Waals surface area contributed by atoms with Crippen LogP contribution in [-0.4, -0.2) is 42.0 Å². The average molecular weight is 253 g/mol. The monoisotopic (exact) mass is 253 g/mol. The first-order valence-corrected chi connectivity index (χ1v) is 6.50. The fourth-order valence-electron chi connectivity index (χ4n) is 2.25. The molecule has 1 aromatic rings. The van der Waals surface area contributed by atoms with E-state index in [9.17, 15) is 0 Å². The Labute approximate surface area is 106 Å². The minimum Gasteiger partial charge on any atom is -0.381 e. The van der Waals surface area contributed by atoms with Crippen LogP contribution in [0.25, 0.3) is 0 Å². The van der Waals surface area contributed by atoms with Gasteiger partial charge in [0, 0.05) is 25.6 Å². The van der Waals surface area contributed by atoms with E-state index in [0.29, 0.717) is 19.1 Å². The van der Waals surface area contributed by atoms with E-state index in [1.165, 1.54) is 0 Å². The van der Waals surface area contributed by atoms with Crippen LogP contribution in [0.5, 0.6) is 0 Å². The van der Waals surface area contributed by atoms with E-state index in [4.69, 9.17) is 14.0 Å². The zero-order valence-corrected chi connectivity index (χ0v) is 10.6. The van der Waals surface area contributed by atoms with Gasteiger partial charge in [-0.05, 0) is 19.8 Å². The molecule has 0 aromatic carbocycles. The zero-order chi connectivity index (χ0) is 12.4. The maximum absolute atomic E-state index is 5.76. The zero-order valence-electron chi connectivity index (χ0n) is 10.6. The molecular weight excluding hydrogens is 234 g/mol. The van der Waals surface area contributed by atoms with Gasteiger partial charge in [0.1, 0.15) is 6.61 Å². The van der Waals surface area contributed by atoms with Gasteiger partial charge in [-0.2, -0.15) is 4.98 Å². The van der Waals surface area contributed by atoms with Crippen LogP contribution < -0.4 is 5.32 Å². The van der Waals surface area contributed by atoms with Crippen LogP contribution in [0.2, 0.25) is 0 Å². The molecule has 0 bridgehead atoms. The molecule has 0 aliphatic carbocycles. The molecule has 0 saturated carbocycles. The Morgan fingerprint density at radius 3 is 3.06 bits per heavy atom. The molecule has 100 valence electrons. The molecule has 1 unspecified atom stereocenters. The lowest BCUT2D eigenvalue weighted by molar-refractivity contribution is -0.0841. The summed E-state index contributed by atoms with van der Waals surface area (Å²) in [6.07, 6.45) is 2.14. The summed E-state index contributed by atoms with van der Waals surface area (Å²) in [5.41, 5.74) is -0.0808. The Kier molecular flexibility index (Phi) is 3.32. The summed E-state index contributed by atoms with van der Waals surface area (Å²) in [4.78, 5) is 4.39. The van der Waals surface area contributed by atoms with Gasteiger partial charge in [0.2, 0.25) is 0 Å². The van der Waals surface area contributed by atoms with Gasteiger partial charge in [-0.1, -0.05) is 5.16 Å². The number of hydrogen-bond donors (Lipinski definition) is 1. The largest absolute Gasteiger partial charge is 0.381 e. The highest BCUT2D eigenvalue weighted by molar-refractivity contribution is 4.97. The summed E-state index contributed by atoms with van der Waals surface area (Å²) in [5.74, 6) is 1.59. The fraction of sp³-hybridized carbons (Fsp3) is 0.833. The molecule has 0 radical (unpaired) electrons. The molecule has 6 heteroatoms. The number of nitrogens with one attached hydrogen (secondary N) is 1. The van der Waals surface area contributed by atoms with Crippen LogP contribution in [0.3, 0.4) is 0 Å². The van der Waals surface area contributed by atoms with Gasteiger partial charge < -0.3 is 19.3 Å². The maximum atomic E-state index is 5.76. The van der Waals surface area contributed by atoms with Crippen LogP contribution in [0.4, 0.5) is 0 Å². The summed E-state index contributed by atoms with van der Waals surface area (Å²) in [6, 6.07) is 0. The van der Waals surface area contributed by atoms with Gasteiger partial charge in [-0.15, -0.1) is 0 Å². The molecule has 0 spiro atoms. The fourth-order valence-corrected chi connectivity index (χ4v) is 2.25. The third kappa shape index (κ3) is 2.55. The molecule has 3 heterocycles. The van der Waals surface area contributed by atoms with Crippen molar-refractivity contribution in [3.63, 3.8) is 0 Å².